The van der Waals surface area contributed by atoms with Gasteiger partial charge in [-0.2, -0.15) is 0 Å². The van der Waals surface area contributed by atoms with Crippen LogP contribution >= 0.6 is 0 Å². The maximum atomic E-state index is 5.54. The summed E-state index contributed by atoms with van der Waals surface area (Å²) in [7, 11) is 0. The summed E-state index contributed by atoms with van der Waals surface area (Å²) in [5.74, 6) is 0. The van der Waals surface area contributed by atoms with E-state index in [2.05, 4.69) is 12.2 Å². The van der Waals surface area contributed by atoms with Crippen molar-refractivity contribution in [3.8, 4) is 0 Å². The van der Waals surface area contributed by atoms with Crippen molar-refractivity contribution < 1.29 is 4.74 Å². The first-order valence-electron chi connectivity index (χ1n) is 5.74. The fourth-order valence-corrected chi connectivity index (χ4v) is 1.74. The first-order valence-corrected chi connectivity index (χ1v) is 5.74. The molecule has 0 amide bonds. The Kier molecular flexibility index (Phi) is 6.21. The largest absolute Gasteiger partial charge is 0.381 e. The van der Waals surface area contributed by atoms with Crippen LogP contribution in [0.4, 0.5) is 0 Å². The minimum absolute atomic E-state index is 0.732. The minimum atomic E-state index is 0.732. The molecule has 0 aliphatic carbocycles. The predicted molar refractivity (Wildman–Crippen MR) is 56.0 cm³/mol. The third-order valence-corrected chi connectivity index (χ3v) is 2.67. The zero-order valence-electron chi connectivity index (χ0n) is 8.85. The molecule has 0 aromatic carbocycles. The fourth-order valence-electron chi connectivity index (χ4n) is 1.74. The van der Waals surface area contributed by atoms with Crippen molar-refractivity contribution in [1.82, 2.24) is 5.32 Å². The van der Waals surface area contributed by atoms with E-state index in [-0.39, 0.29) is 0 Å². The van der Waals surface area contributed by atoms with Gasteiger partial charge in [-0.25, -0.2) is 0 Å². The average molecular weight is 185 g/mol. The summed E-state index contributed by atoms with van der Waals surface area (Å²) in [5, 5.41) is 3.53. The molecule has 1 saturated heterocycles. The Morgan fingerprint density at radius 3 is 2.92 bits per heavy atom. The van der Waals surface area contributed by atoms with Gasteiger partial charge in [0, 0.05) is 19.3 Å². The highest BCUT2D eigenvalue weighted by atomic mass is 16.5. The molecule has 0 bridgehead atoms. The Hall–Kier alpha value is -0.0800. The fraction of sp³-hybridized carbons (Fsp3) is 1.00. The summed E-state index contributed by atoms with van der Waals surface area (Å²) < 4.78 is 5.54. The Morgan fingerprint density at radius 1 is 1.31 bits per heavy atom. The molecule has 0 unspecified atom stereocenters. The molecular formula is C11H23NO. The molecule has 13 heavy (non-hydrogen) atoms. The third kappa shape index (κ3) is 5.27. The van der Waals surface area contributed by atoms with Crippen LogP contribution in [0.1, 0.15) is 45.4 Å². The molecule has 1 fully saturated rings. The molecule has 0 spiro atoms. The zero-order chi connectivity index (χ0) is 9.36. The van der Waals surface area contributed by atoms with Crippen LogP contribution in [0.2, 0.25) is 0 Å². The predicted octanol–water partition coefficient (Wildman–Crippen LogP) is 2.34. The molecule has 1 N–H and O–H groups in total. The van der Waals surface area contributed by atoms with Crippen molar-refractivity contribution in [2.45, 2.75) is 51.5 Å². The minimum Gasteiger partial charge on any atom is -0.381 e. The van der Waals surface area contributed by atoms with Crippen molar-refractivity contribution in [1.29, 1.82) is 0 Å². The summed E-state index contributed by atoms with van der Waals surface area (Å²) in [5.41, 5.74) is 0. The SMILES string of the molecule is CCCCOCC[C@@H]1CCCCN1. The number of nitrogens with one attached hydrogen (secondary N) is 1. The zero-order valence-corrected chi connectivity index (χ0v) is 8.85. The lowest BCUT2D eigenvalue weighted by atomic mass is 10.0. The second-order valence-electron chi connectivity index (χ2n) is 3.90. The second kappa shape index (κ2) is 7.34. The first-order chi connectivity index (χ1) is 6.43. The van der Waals surface area contributed by atoms with Gasteiger partial charge in [-0.1, -0.05) is 19.8 Å². The number of hydrogen-bond donors (Lipinski definition) is 1. The van der Waals surface area contributed by atoms with Crippen molar-refractivity contribution >= 4 is 0 Å². The van der Waals surface area contributed by atoms with Crippen LogP contribution in [0.5, 0.6) is 0 Å². The van der Waals surface area contributed by atoms with Gasteiger partial charge in [-0.15, -0.1) is 0 Å². The Morgan fingerprint density at radius 2 is 2.23 bits per heavy atom. The number of ether oxygens (including phenoxy) is 1. The van der Waals surface area contributed by atoms with Gasteiger partial charge in [0.05, 0.1) is 0 Å². The summed E-state index contributed by atoms with van der Waals surface area (Å²) in [6, 6.07) is 0.732. The van der Waals surface area contributed by atoms with Crippen molar-refractivity contribution in [2.24, 2.45) is 0 Å². The molecule has 1 atom stereocenters. The number of rotatable bonds is 6. The van der Waals surface area contributed by atoms with Gasteiger partial charge in [0.15, 0.2) is 0 Å². The second-order valence-corrected chi connectivity index (χ2v) is 3.90. The quantitative estimate of drug-likeness (QED) is 0.641. The van der Waals surface area contributed by atoms with Crippen molar-refractivity contribution in [3.05, 3.63) is 0 Å². The van der Waals surface area contributed by atoms with Crippen LogP contribution in [-0.2, 0) is 4.74 Å². The van der Waals surface area contributed by atoms with Gasteiger partial charge < -0.3 is 10.1 Å². The number of hydrogen-bond acceptors (Lipinski definition) is 2. The maximum Gasteiger partial charge on any atom is 0.0480 e. The summed E-state index contributed by atoms with van der Waals surface area (Å²) in [4.78, 5) is 0. The number of unbranched alkanes of at least 4 members (excludes halogenated alkanes) is 1. The van der Waals surface area contributed by atoms with E-state index in [1.54, 1.807) is 0 Å². The van der Waals surface area contributed by atoms with E-state index in [4.69, 9.17) is 4.74 Å². The lowest BCUT2D eigenvalue weighted by molar-refractivity contribution is 0.118. The first kappa shape index (κ1) is 11.0. The van der Waals surface area contributed by atoms with Crippen molar-refractivity contribution in [3.63, 3.8) is 0 Å². The van der Waals surface area contributed by atoms with Crippen LogP contribution in [0.15, 0.2) is 0 Å². The van der Waals surface area contributed by atoms with E-state index in [0.717, 1.165) is 19.3 Å². The van der Waals surface area contributed by atoms with Crippen LogP contribution < -0.4 is 5.32 Å². The lowest BCUT2D eigenvalue weighted by Gasteiger charge is -2.23. The molecule has 1 heterocycles. The van der Waals surface area contributed by atoms with Gasteiger partial charge >= 0.3 is 0 Å². The van der Waals surface area contributed by atoms with E-state index in [1.807, 2.05) is 0 Å². The van der Waals surface area contributed by atoms with E-state index in [9.17, 15) is 0 Å². The van der Waals surface area contributed by atoms with Gasteiger partial charge in [-0.3, -0.25) is 0 Å². The van der Waals surface area contributed by atoms with E-state index < -0.39 is 0 Å². The molecule has 0 saturated carbocycles. The maximum absolute atomic E-state index is 5.54. The smallest absolute Gasteiger partial charge is 0.0480 e. The van der Waals surface area contributed by atoms with Gasteiger partial charge in [-0.05, 0) is 32.2 Å². The van der Waals surface area contributed by atoms with Gasteiger partial charge in [0.25, 0.3) is 0 Å². The van der Waals surface area contributed by atoms with Crippen LogP contribution in [0.25, 0.3) is 0 Å². The summed E-state index contributed by atoms with van der Waals surface area (Å²) in [6.07, 6.45) is 7.74. The molecule has 1 rings (SSSR count). The van der Waals surface area contributed by atoms with Crippen LogP contribution in [0, 0.1) is 0 Å². The molecular weight excluding hydrogens is 162 g/mol. The molecule has 2 nitrogen and oxygen atoms in total. The van der Waals surface area contributed by atoms with E-state index in [0.29, 0.717) is 0 Å². The van der Waals surface area contributed by atoms with Crippen LogP contribution in [-0.4, -0.2) is 25.8 Å². The van der Waals surface area contributed by atoms with Gasteiger partial charge in [0.2, 0.25) is 0 Å². The Balaban J connectivity index is 1.86. The molecule has 0 radical (unpaired) electrons. The highest BCUT2D eigenvalue weighted by molar-refractivity contribution is 4.71. The summed E-state index contributed by atoms with van der Waals surface area (Å²) in [6.45, 7) is 5.30. The topological polar surface area (TPSA) is 21.3 Å². The third-order valence-electron chi connectivity index (χ3n) is 2.67. The van der Waals surface area contributed by atoms with Crippen molar-refractivity contribution in [2.75, 3.05) is 19.8 Å². The lowest BCUT2D eigenvalue weighted by Crippen LogP contribution is -2.34. The summed E-state index contributed by atoms with van der Waals surface area (Å²) >= 11 is 0. The standard InChI is InChI=1S/C11H23NO/c1-2-3-9-13-10-7-11-6-4-5-8-12-11/h11-12H,2-10H2,1H3/t11-/m0/s1. The highest BCUT2D eigenvalue weighted by Gasteiger charge is 2.11. The monoisotopic (exact) mass is 185 g/mol. The van der Waals surface area contributed by atoms with E-state index >= 15 is 0 Å². The molecule has 0 aromatic rings. The molecule has 1 aliphatic rings. The Bertz CT molecular complexity index is 111. The molecule has 78 valence electrons. The normalized spacial score (nSPS) is 23.3. The highest BCUT2D eigenvalue weighted by Crippen LogP contribution is 2.09. The molecule has 2 heteroatoms. The number of piperidine rings is 1. The van der Waals surface area contributed by atoms with Gasteiger partial charge in [0.1, 0.15) is 0 Å². The molecule has 0 aromatic heterocycles. The van der Waals surface area contributed by atoms with Crippen LogP contribution in [0.3, 0.4) is 0 Å². The van der Waals surface area contributed by atoms with E-state index in [1.165, 1.54) is 45.1 Å². The average Bonchev–Trinajstić information content (AvgIpc) is 2.19. The molecule has 1 aliphatic heterocycles. The Labute approximate surface area is 82.0 Å².